The van der Waals surface area contributed by atoms with Crippen molar-refractivity contribution in [3.63, 3.8) is 0 Å². The Morgan fingerprint density at radius 2 is 1.63 bits per heavy atom. The molecule has 0 unspecified atom stereocenters. The minimum atomic E-state index is 0.801. The molecule has 0 aromatic rings. The summed E-state index contributed by atoms with van der Waals surface area (Å²) >= 11 is 0.801. The van der Waals surface area contributed by atoms with E-state index < -0.39 is 0 Å². The molecule has 112 valence electrons. The normalized spacial score (nSPS) is 18.5. The summed E-state index contributed by atoms with van der Waals surface area (Å²) in [5, 5.41) is 0. The molecular formula is C18H34Se. The summed E-state index contributed by atoms with van der Waals surface area (Å²) in [4.78, 5) is 1.07. The van der Waals surface area contributed by atoms with Crippen LogP contribution in [0.3, 0.4) is 0 Å². The molecule has 0 bridgehead atoms. The number of unbranched alkanes of at least 4 members (excludes halogenated alkanes) is 3. The van der Waals surface area contributed by atoms with Crippen molar-refractivity contribution in [3.8, 4) is 0 Å². The van der Waals surface area contributed by atoms with Crippen molar-refractivity contribution in [2.75, 3.05) is 0 Å². The average Bonchev–Trinajstić information content (AvgIpc) is 2.43. The first-order valence-corrected chi connectivity index (χ1v) is 10.5. The zero-order valence-electron chi connectivity index (χ0n) is 13.5. The van der Waals surface area contributed by atoms with Gasteiger partial charge in [-0.1, -0.05) is 0 Å². The first kappa shape index (κ1) is 17.3. The molecule has 1 fully saturated rings. The maximum absolute atomic E-state index is 2.46. The van der Waals surface area contributed by atoms with Crippen LogP contribution in [0.25, 0.3) is 0 Å². The molecule has 0 N–H and O–H groups in total. The zero-order valence-corrected chi connectivity index (χ0v) is 15.2. The van der Waals surface area contributed by atoms with Gasteiger partial charge >= 0.3 is 128 Å². The molecule has 1 heteroatoms. The van der Waals surface area contributed by atoms with Crippen LogP contribution in [0, 0.1) is 0 Å². The molecule has 0 amide bonds. The van der Waals surface area contributed by atoms with Crippen molar-refractivity contribution < 1.29 is 0 Å². The second-order valence-corrected chi connectivity index (χ2v) is 9.28. The van der Waals surface area contributed by atoms with Crippen molar-refractivity contribution in [1.82, 2.24) is 0 Å². The van der Waals surface area contributed by atoms with Crippen molar-refractivity contribution in [3.05, 3.63) is 10.0 Å². The summed E-state index contributed by atoms with van der Waals surface area (Å²) in [6, 6.07) is 0. The summed E-state index contributed by atoms with van der Waals surface area (Å²) in [5.74, 6) is 0. The number of hydrogen-bond acceptors (Lipinski definition) is 0. The molecular weight excluding hydrogens is 295 g/mol. The van der Waals surface area contributed by atoms with Gasteiger partial charge in [0.2, 0.25) is 0 Å². The molecule has 0 heterocycles. The van der Waals surface area contributed by atoms with E-state index in [2.05, 4.69) is 20.8 Å². The van der Waals surface area contributed by atoms with E-state index in [4.69, 9.17) is 0 Å². The molecule has 0 radical (unpaired) electrons. The molecule has 0 nitrogen and oxygen atoms in total. The third-order valence-electron chi connectivity index (χ3n) is 4.28. The van der Waals surface area contributed by atoms with E-state index in [1.54, 1.807) is 0 Å². The van der Waals surface area contributed by atoms with E-state index in [0.29, 0.717) is 0 Å². The van der Waals surface area contributed by atoms with Crippen molar-refractivity contribution >= 4 is 15.0 Å². The van der Waals surface area contributed by atoms with E-state index in [1.165, 1.54) is 77.0 Å². The molecule has 0 aromatic carbocycles. The Labute approximate surface area is 128 Å². The second-order valence-electron chi connectivity index (χ2n) is 6.10. The van der Waals surface area contributed by atoms with Crippen molar-refractivity contribution in [1.29, 1.82) is 0 Å². The van der Waals surface area contributed by atoms with Gasteiger partial charge < -0.3 is 0 Å². The van der Waals surface area contributed by atoms with Gasteiger partial charge in [-0.3, -0.25) is 0 Å². The topological polar surface area (TPSA) is 0 Å². The van der Waals surface area contributed by atoms with Crippen LogP contribution in [0.1, 0.15) is 97.8 Å². The molecule has 1 aliphatic carbocycles. The molecule has 0 spiro atoms. The zero-order chi connectivity index (χ0) is 13.9. The fourth-order valence-electron chi connectivity index (χ4n) is 3.06. The molecule has 1 saturated carbocycles. The van der Waals surface area contributed by atoms with Crippen LogP contribution >= 0.6 is 0 Å². The molecule has 1 rings (SSSR count). The Morgan fingerprint density at radius 3 is 2.26 bits per heavy atom. The molecule has 0 aliphatic heterocycles. The molecule has 1 aliphatic rings. The Bertz CT molecular complexity index is 248. The minimum absolute atomic E-state index is 0.801. The predicted molar refractivity (Wildman–Crippen MR) is 89.0 cm³/mol. The van der Waals surface area contributed by atoms with Gasteiger partial charge in [0.25, 0.3) is 0 Å². The quantitative estimate of drug-likeness (QED) is 0.335. The number of allylic oxidation sites excluding steroid dienone is 2. The van der Waals surface area contributed by atoms with Crippen LogP contribution in [0.4, 0.5) is 0 Å². The molecule has 0 saturated heterocycles. The van der Waals surface area contributed by atoms with Gasteiger partial charge in [0.1, 0.15) is 0 Å². The van der Waals surface area contributed by atoms with E-state index in [-0.39, 0.29) is 0 Å². The van der Waals surface area contributed by atoms with Gasteiger partial charge in [0.05, 0.1) is 0 Å². The second kappa shape index (κ2) is 11.0. The molecule has 19 heavy (non-hydrogen) atoms. The average molecular weight is 329 g/mol. The Morgan fingerprint density at radius 1 is 0.895 bits per heavy atom. The summed E-state index contributed by atoms with van der Waals surface area (Å²) in [7, 11) is 0. The summed E-state index contributed by atoms with van der Waals surface area (Å²) in [5.41, 5.74) is 1.84. The van der Waals surface area contributed by atoms with E-state index in [0.717, 1.165) is 19.8 Å². The van der Waals surface area contributed by atoms with Gasteiger partial charge in [0.15, 0.2) is 0 Å². The van der Waals surface area contributed by atoms with Gasteiger partial charge in [-0.15, -0.1) is 0 Å². The van der Waals surface area contributed by atoms with E-state index >= 15 is 0 Å². The van der Waals surface area contributed by atoms with E-state index in [1.807, 2.05) is 10.0 Å². The summed E-state index contributed by atoms with van der Waals surface area (Å²) in [6.07, 6.45) is 17.3. The van der Waals surface area contributed by atoms with Crippen LogP contribution < -0.4 is 0 Å². The van der Waals surface area contributed by atoms with Crippen LogP contribution in [-0.2, 0) is 0 Å². The summed E-state index contributed by atoms with van der Waals surface area (Å²) in [6.45, 7) is 7.10. The maximum atomic E-state index is 2.46. The fourth-order valence-corrected chi connectivity index (χ4v) is 6.08. The van der Waals surface area contributed by atoms with Gasteiger partial charge in [-0.05, 0) is 0 Å². The van der Waals surface area contributed by atoms with Crippen LogP contribution in [0.5, 0.6) is 0 Å². The SMILES string of the molecule is CCCCCC/C(CCC)=C(\C)[Se]C1CCCCC1. The van der Waals surface area contributed by atoms with Crippen LogP contribution in [0.2, 0.25) is 4.82 Å². The van der Waals surface area contributed by atoms with Gasteiger partial charge in [0, 0.05) is 0 Å². The third kappa shape index (κ3) is 7.57. The standard InChI is InChI=1S/C18H34Se/c1-4-6-7-9-13-17(12-5-2)16(3)19-18-14-10-8-11-15-18/h18H,4-15H2,1-3H3/b17-16+. The number of rotatable bonds is 9. The number of hydrogen-bond donors (Lipinski definition) is 0. The Kier molecular flexibility index (Phi) is 10.0. The molecule has 0 aromatic heterocycles. The Balaban J connectivity index is 2.42. The van der Waals surface area contributed by atoms with Crippen molar-refractivity contribution in [2.45, 2.75) is 103 Å². The third-order valence-corrected chi connectivity index (χ3v) is 7.31. The molecule has 0 atom stereocenters. The van der Waals surface area contributed by atoms with Gasteiger partial charge in [-0.25, -0.2) is 0 Å². The fraction of sp³-hybridized carbons (Fsp3) is 0.889. The monoisotopic (exact) mass is 330 g/mol. The predicted octanol–water partition coefficient (Wildman–Crippen LogP) is 6.49. The van der Waals surface area contributed by atoms with Crippen LogP contribution in [0.15, 0.2) is 10.0 Å². The van der Waals surface area contributed by atoms with Gasteiger partial charge in [-0.2, -0.15) is 0 Å². The summed E-state index contributed by atoms with van der Waals surface area (Å²) < 4.78 is 1.82. The van der Waals surface area contributed by atoms with Crippen LogP contribution in [-0.4, -0.2) is 15.0 Å². The Hall–Kier alpha value is 0.259. The van der Waals surface area contributed by atoms with E-state index in [9.17, 15) is 0 Å². The first-order chi connectivity index (χ1) is 9.27. The first-order valence-electron chi connectivity index (χ1n) is 8.63. The van der Waals surface area contributed by atoms with Crippen molar-refractivity contribution in [2.24, 2.45) is 0 Å².